The molecule has 1 aliphatic rings. The van der Waals surface area contributed by atoms with E-state index in [0.717, 1.165) is 45.1 Å². The van der Waals surface area contributed by atoms with Gasteiger partial charge in [0.1, 0.15) is 11.2 Å². The maximum atomic E-state index is 6.27. The van der Waals surface area contributed by atoms with Crippen molar-refractivity contribution in [3.05, 3.63) is 163 Å². The molecule has 0 saturated heterocycles. The second-order valence-electron chi connectivity index (χ2n) is 10.2. The van der Waals surface area contributed by atoms with Crippen molar-refractivity contribution in [2.24, 2.45) is 0 Å². The number of hydrogen-bond donors (Lipinski definition) is 0. The molecule has 0 spiro atoms. The van der Waals surface area contributed by atoms with E-state index in [2.05, 4.69) is 128 Å². The van der Waals surface area contributed by atoms with Crippen LogP contribution in [0.5, 0.6) is 0 Å². The number of furan rings is 1. The van der Waals surface area contributed by atoms with Crippen LogP contribution in [-0.2, 0) is 0 Å². The smallest absolute Gasteiger partial charge is 0.143 e. The van der Waals surface area contributed by atoms with Crippen molar-refractivity contribution in [3.63, 3.8) is 0 Å². The van der Waals surface area contributed by atoms with Crippen LogP contribution in [0.4, 0.5) is 0 Å². The van der Waals surface area contributed by atoms with Gasteiger partial charge in [0.2, 0.25) is 0 Å². The Balaban J connectivity index is 1.20. The fourth-order valence-corrected chi connectivity index (χ4v) is 5.51. The minimum absolute atomic E-state index is 0.914. The van der Waals surface area contributed by atoms with Gasteiger partial charge in [-0.3, -0.25) is 0 Å². The molecule has 0 saturated carbocycles. The molecule has 0 N–H and O–H groups in total. The topological polar surface area (TPSA) is 13.1 Å². The maximum Gasteiger partial charge on any atom is 0.143 e. The highest BCUT2D eigenvalue weighted by atomic mass is 16.3. The van der Waals surface area contributed by atoms with Crippen molar-refractivity contribution < 1.29 is 4.42 Å². The molecule has 1 aromatic heterocycles. The van der Waals surface area contributed by atoms with Crippen molar-refractivity contribution >= 4 is 38.3 Å². The fraction of sp³-hybridized carbons (Fsp3) is 0.0256. The number of para-hydroxylation sites is 2. The molecule has 5 aromatic carbocycles. The first-order valence-electron chi connectivity index (χ1n) is 13.7. The maximum absolute atomic E-state index is 6.27. The van der Waals surface area contributed by atoms with E-state index in [0.29, 0.717) is 0 Å². The molecule has 0 bridgehead atoms. The molecule has 1 aliphatic carbocycles. The van der Waals surface area contributed by atoms with Gasteiger partial charge in [0, 0.05) is 16.3 Å². The van der Waals surface area contributed by atoms with Gasteiger partial charge in [-0.2, -0.15) is 0 Å². The molecule has 190 valence electrons. The molecule has 0 fully saturated rings. The Labute approximate surface area is 234 Å². The van der Waals surface area contributed by atoms with Gasteiger partial charge < -0.3 is 4.42 Å². The van der Waals surface area contributed by atoms with Crippen molar-refractivity contribution in [2.45, 2.75) is 6.42 Å². The Hall–Kier alpha value is -5.14. The number of hydrogen-bond acceptors (Lipinski definition) is 1. The Bertz CT molecular complexity index is 2020. The third kappa shape index (κ3) is 4.52. The van der Waals surface area contributed by atoms with E-state index in [1.54, 1.807) is 0 Å². The minimum atomic E-state index is 0.914. The van der Waals surface area contributed by atoms with E-state index >= 15 is 0 Å². The molecular formula is C39H28O. The summed E-state index contributed by atoms with van der Waals surface area (Å²) in [5.74, 6) is 0. The lowest BCUT2D eigenvalue weighted by Gasteiger charge is -2.09. The lowest BCUT2D eigenvalue weighted by molar-refractivity contribution is 0.670. The van der Waals surface area contributed by atoms with Crippen LogP contribution in [0.25, 0.3) is 60.5 Å². The summed E-state index contributed by atoms with van der Waals surface area (Å²) in [4.78, 5) is 0. The Morgan fingerprint density at radius 2 is 1.30 bits per heavy atom. The highest BCUT2D eigenvalue weighted by Gasteiger charge is 2.12. The molecule has 0 amide bonds. The van der Waals surface area contributed by atoms with Crippen LogP contribution in [0, 0.1) is 0 Å². The summed E-state index contributed by atoms with van der Waals surface area (Å²) in [6.45, 7) is 4.19. The van der Waals surface area contributed by atoms with E-state index in [1.165, 1.54) is 33.0 Å². The van der Waals surface area contributed by atoms with Crippen molar-refractivity contribution in [3.8, 4) is 22.3 Å². The summed E-state index contributed by atoms with van der Waals surface area (Å²) in [5, 5.41) is 4.76. The van der Waals surface area contributed by atoms with E-state index in [4.69, 9.17) is 4.42 Å². The van der Waals surface area contributed by atoms with Gasteiger partial charge in [-0.05, 0) is 74.9 Å². The second-order valence-corrected chi connectivity index (χ2v) is 10.2. The van der Waals surface area contributed by atoms with Gasteiger partial charge in [0.15, 0.2) is 0 Å². The first-order valence-corrected chi connectivity index (χ1v) is 13.7. The number of fused-ring (bicyclic) bond motifs is 4. The van der Waals surface area contributed by atoms with E-state index in [1.807, 2.05) is 24.3 Å². The average molecular weight is 513 g/mol. The summed E-state index contributed by atoms with van der Waals surface area (Å²) in [7, 11) is 0. The summed E-state index contributed by atoms with van der Waals surface area (Å²) < 4.78 is 6.27. The summed E-state index contributed by atoms with van der Waals surface area (Å²) in [6, 6.07) is 36.8. The molecular weight excluding hydrogens is 484 g/mol. The van der Waals surface area contributed by atoms with Gasteiger partial charge in [0.05, 0.1) is 0 Å². The lowest BCUT2D eigenvalue weighted by Crippen LogP contribution is -1.86. The molecule has 6 aromatic rings. The summed E-state index contributed by atoms with van der Waals surface area (Å²) >= 11 is 0. The predicted octanol–water partition coefficient (Wildman–Crippen LogP) is 11.1. The molecule has 40 heavy (non-hydrogen) atoms. The van der Waals surface area contributed by atoms with Gasteiger partial charge in [-0.15, -0.1) is 0 Å². The van der Waals surface area contributed by atoms with Crippen LogP contribution < -0.4 is 0 Å². The SMILES string of the molecule is C=C1/C=C\C=C/C/C=C\C(c2ccc3cc(-c4ccc(-c5cccc6c5oc5ccccc56)cc4)ccc3c2)=C/1. The third-order valence-electron chi connectivity index (χ3n) is 7.58. The van der Waals surface area contributed by atoms with Crippen LogP contribution in [0.1, 0.15) is 12.0 Å². The zero-order chi connectivity index (χ0) is 26.9. The molecule has 1 heteroatoms. The van der Waals surface area contributed by atoms with Crippen LogP contribution in [0.15, 0.2) is 162 Å². The molecule has 1 nitrogen and oxygen atoms in total. The average Bonchev–Trinajstić information content (AvgIpc) is 3.39. The fourth-order valence-electron chi connectivity index (χ4n) is 5.51. The minimum Gasteiger partial charge on any atom is -0.455 e. The van der Waals surface area contributed by atoms with Gasteiger partial charge in [-0.1, -0.05) is 128 Å². The number of allylic oxidation sites excluding steroid dienone is 9. The highest BCUT2D eigenvalue weighted by Crippen LogP contribution is 2.36. The molecule has 0 atom stereocenters. The summed E-state index contributed by atoms with van der Waals surface area (Å²) in [6.07, 6.45) is 15.8. The molecule has 7 rings (SSSR count). The van der Waals surface area contributed by atoms with Crippen molar-refractivity contribution in [1.29, 1.82) is 0 Å². The zero-order valence-corrected chi connectivity index (χ0v) is 22.2. The highest BCUT2D eigenvalue weighted by molar-refractivity contribution is 6.09. The second kappa shape index (κ2) is 10.2. The van der Waals surface area contributed by atoms with Gasteiger partial charge in [-0.25, -0.2) is 0 Å². The monoisotopic (exact) mass is 512 g/mol. The van der Waals surface area contributed by atoms with Crippen LogP contribution >= 0.6 is 0 Å². The number of benzene rings is 5. The normalized spacial score (nSPS) is 17.5. The van der Waals surface area contributed by atoms with Gasteiger partial charge >= 0.3 is 0 Å². The van der Waals surface area contributed by atoms with Crippen LogP contribution in [0.3, 0.4) is 0 Å². The molecule has 0 radical (unpaired) electrons. The quantitative estimate of drug-likeness (QED) is 0.230. The zero-order valence-electron chi connectivity index (χ0n) is 22.2. The largest absolute Gasteiger partial charge is 0.455 e. The molecule has 1 heterocycles. The van der Waals surface area contributed by atoms with E-state index in [9.17, 15) is 0 Å². The Morgan fingerprint density at radius 3 is 2.17 bits per heavy atom. The van der Waals surface area contributed by atoms with Crippen molar-refractivity contribution in [1.82, 2.24) is 0 Å². The molecule has 0 unspecified atom stereocenters. The van der Waals surface area contributed by atoms with E-state index in [-0.39, 0.29) is 0 Å². The first-order chi connectivity index (χ1) is 19.7. The Morgan fingerprint density at radius 1 is 0.575 bits per heavy atom. The first kappa shape index (κ1) is 23.9. The molecule has 0 aliphatic heterocycles. The van der Waals surface area contributed by atoms with Crippen molar-refractivity contribution in [2.75, 3.05) is 0 Å². The third-order valence-corrected chi connectivity index (χ3v) is 7.58. The van der Waals surface area contributed by atoms with Crippen LogP contribution in [-0.4, -0.2) is 0 Å². The summed E-state index contributed by atoms with van der Waals surface area (Å²) in [5.41, 5.74) is 9.88. The number of rotatable bonds is 3. The predicted molar refractivity (Wildman–Crippen MR) is 171 cm³/mol. The standard InChI is InChI=1S/C39H28O/c1-27-10-5-3-2-4-6-11-30(24-27)32-22-23-33-25-31(20-21-34(33)26-32)28-16-18-29(19-17-28)35-13-9-14-37-36-12-7-8-15-38(36)40-39(35)37/h2-3,5-26H,1,4H2/b3-2-,10-5-,11-6-,30-24+. The Kier molecular flexibility index (Phi) is 6.11. The van der Waals surface area contributed by atoms with Crippen LogP contribution in [0.2, 0.25) is 0 Å². The van der Waals surface area contributed by atoms with Gasteiger partial charge in [0.25, 0.3) is 0 Å². The lowest BCUT2D eigenvalue weighted by atomic mass is 9.95. The van der Waals surface area contributed by atoms with E-state index < -0.39 is 0 Å².